The summed E-state index contributed by atoms with van der Waals surface area (Å²) in [6.07, 6.45) is 1.37. The molecule has 0 aliphatic carbocycles. The summed E-state index contributed by atoms with van der Waals surface area (Å²) in [6, 6.07) is 20.3. The SMILES string of the molecule is COc1ccc(CCNC(=O)Cn2c(Cc3ccccc3)nc3cc(C)c(C)cc32)cc1OC. The van der Waals surface area contributed by atoms with Gasteiger partial charge in [-0.3, -0.25) is 4.79 Å². The monoisotopic (exact) mass is 457 g/mol. The van der Waals surface area contributed by atoms with Crippen molar-refractivity contribution in [2.75, 3.05) is 20.8 Å². The van der Waals surface area contributed by atoms with Crippen molar-refractivity contribution in [1.82, 2.24) is 14.9 Å². The predicted molar refractivity (Wildman–Crippen MR) is 135 cm³/mol. The minimum atomic E-state index is -0.0349. The van der Waals surface area contributed by atoms with Crippen LogP contribution in [0.5, 0.6) is 11.5 Å². The van der Waals surface area contributed by atoms with E-state index in [2.05, 4.69) is 43.4 Å². The molecule has 0 fully saturated rings. The smallest absolute Gasteiger partial charge is 0.240 e. The van der Waals surface area contributed by atoms with E-state index in [4.69, 9.17) is 14.5 Å². The molecule has 0 radical (unpaired) electrons. The first-order chi connectivity index (χ1) is 16.5. The van der Waals surface area contributed by atoms with Gasteiger partial charge in [-0.2, -0.15) is 0 Å². The van der Waals surface area contributed by atoms with Crippen LogP contribution >= 0.6 is 0 Å². The summed E-state index contributed by atoms with van der Waals surface area (Å²) in [5, 5.41) is 3.06. The number of nitrogens with one attached hydrogen (secondary N) is 1. The van der Waals surface area contributed by atoms with E-state index in [-0.39, 0.29) is 12.5 Å². The van der Waals surface area contributed by atoms with Crippen LogP contribution in [-0.2, 0) is 24.2 Å². The maximum Gasteiger partial charge on any atom is 0.240 e. The van der Waals surface area contributed by atoms with E-state index in [0.717, 1.165) is 22.4 Å². The fraction of sp³-hybridized carbons (Fsp3) is 0.286. The first-order valence-electron chi connectivity index (χ1n) is 11.5. The van der Waals surface area contributed by atoms with Crippen LogP contribution in [0.1, 0.15) is 28.1 Å². The number of hydrogen-bond acceptors (Lipinski definition) is 4. The topological polar surface area (TPSA) is 65.4 Å². The van der Waals surface area contributed by atoms with Gasteiger partial charge in [0.15, 0.2) is 11.5 Å². The molecule has 0 aliphatic heterocycles. The predicted octanol–water partition coefficient (Wildman–Crippen LogP) is 4.62. The first-order valence-corrected chi connectivity index (χ1v) is 11.5. The quantitative estimate of drug-likeness (QED) is 0.398. The van der Waals surface area contributed by atoms with E-state index < -0.39 is 0 Å². The molecule has 0 saturated carbocycles. The molecule has 0 spiro atoms. The zero-order chi connectivity index (χ0) is 24.1. The third-order valence-corrected chi connectivity index (χ3v) is 6.13. The molecule has 1 N–H and O–H groups in total. The van der Waals surface area contributed by atoms with Crippen molar-refractivity contribution in [3.8, 4) is 11.5 Å². The van der Waals surface area contributed by atoms with Crippen molar-refractivity contribution in [3.05, 3.63) is 88.7 Å². The highest BCUT2D eigenvalue weighted by molar-refractivity contribution is 5.82. The lowest BCUT2D eigenvalue weighted by Gasteiger charge is -2.12. The maximum absolute atomic E-state index is 12.9. The van der Waals surface area contributed by atoms with Crippen LogP contribution in [0.25, 0.3) is 11.0 Å². The standard InChI is InChI=1S/C28H31N3O3/c1-19-14-23-24(15-20(19)2)31(27(30-23)17-21-8-6-5-7-9-21)18-28(32)29-13-12-22-10-11-25(33-3)26(16-22)34-4/h5-11,14-16H,12-13,17-18H2,1-4H3,(H,29,32). The summed E-state index contributed by atoms with van der Waals surface area (Å²) >= 11 is 0. The van der Waals surface area contributed by atoms with Crippen LogP contribution in [0.15, 0.2) is 60.7 Å². The van der Waals surface area contributed by atoms with E-state index in [1.807, 2.05) is 41.0 Å². The number of methoxy groups -OCH3 is 2. The summed E-state index contributed by atoms with van der Waals surface area (Å²) in [6.45, 7) is 4.94. The normalized spacial score (nSPS) is 10.9. The summed E-state index contributed by atoms with van der Waals surface area (Å²) in [4.78, 5) is 17.8. The van der Waals surface area contributed by atoms with Crippen LogP contribution in [-0.4, -0.2) is 36.2 Å². The van der Waals surface area contributed by atoms with E-state index in [1.165, 1.54) is 16.7 Å². The zero-order valence-corrected chi connectivity index (χ0v) is 20.2. The van der Waals surface area contributed by atoms with E-state index >= 15 is 0 Å². The Morgan fingerprint density at radius 3 is 2.38 bits per heavy atom. The summed E-state index contributed by atoms with van der Waals surface area (Å²) in [5.74, 6) is 2.24. The van der Waals surface area contributed by atoms with Crippen molar-refractivity contribution in [2.45, 2.75) is 33.2 Å². The van der Waals surface area contributed by atoms with Gasteiger partial charge in [0, 0.05) is 13.0 Å². The number of ether oxygens (including phenoxy) is 2. The largest absolute Gasteiger partial charge is 0.493 e. The second-order valence-corrected chi connectivity index (χ2v) is 8.49. The Hall–Kier alpha value is -3.80. The number of aryl methyl sites for hydroxylation is 2. The number of aromatic nitrogens is 2. The highest BCUT2D eigenvalue weighted by atomic mass is 16.5. The molecule has 1 heterocycles. The molecule has 0 unspecified atom stereocenters. The van der Waals surface area contributed by atoms with Gasteiger partial charge in [0.25, 0.3) is 0 Å². The molecule has 0 saturated heterocycles. The van der Waals surface area contributed by atoms with Crippen molar-refractivity contribution in [3.63, 3.8) is 0 Å². The number of imidazole rings is 1. The molecule has 34 heavy (non-hydrogen) atoms. The Morgan fingerprint density at radius 2 is 1.65 bits per heavy atom. The second-order valence-electron chi connectivity index (χ2n) is 8.49. The fourth-order valence-corrected chi connectivity index (χ4v) is 4.10. The van der Waals surface area contributed by atoms with Crippen LogP contribution in [0.3, 0.4) is 0 Å². The number of carbonyl (C=O) groups is 1. The molecule has 0 aliphatic rings. The van der Waals surface area contributed by atoms with Crippen LogP contribution in [0, 0.1) is 13.8 Å². The second kappa shape index (κ2) is 10.4. The van der Waals surface area contributed by atoms with E-state index in [9.17, 15) is 4.79 Å². The third kappa shape index (κ3) is 5.22. The van der Waals surface area contributed by atoms with Gasteiger partial charge in [0.1, 0.15) is 12.4 Å². The molecule has 4 rings (SSSR count). The average Bonchev–Trinajstić information content (AvgIpc) is 3.15. The fourth-order valence-electron chi connectivity index (χ4n) is 4.10. The molecule has 1 amide bonds. The lowest BCUT2D eigenvalue weighted by Crippen LogP contribution is -2.30. The van der Waals surface area contributed by atoms with Gasteiger partial charge < -0.3 is 19.4 Å². The molecule has 176 valence electrons. The highest BCUT2D eigenvalue weighted by Crippen LogP contribution is 2.27. The minimum absolute atomic E-state index is 0.0349. The number of nitrogens with zero attached hydrogens (tertiary/aromatic N) is 2. The summed E-state index contributed by atoms with van der Waals surface area (Å²) in [5.41, 5.74) is 6.54. The molecular weight excluding hydrogens is 426 g/mol. The van der Waals surface area contributed by atoms with Gasteiger partial charge in [0.05, 0.1) is 25.3 Å². The van der Waals surface area contributed by atoms with Gasteiger partial charge in [-0.15, -0.1) is 0 Å². The minimum Gasteiger partial charge on any atom is -0.493 e. The number of benzene rings is 3. The Labute approximate surface area is 200 Å². The third-order valence-electron chi connectivity index (χ3n) is 6.13. The zero-order valence-electron chi connectivity index (χ0n) is 20.2. The number of fused-ring (bicyclic) bond motifs is 1. The number of amides is 1. The molecule has 1 aromatic heterocycles. The van der Waals surface area contributed by atoms with Crippen LogP contribution in [0.2, 0.25) is 0 Å². The Morgan fingerprint density at radius 1 is 0.912 bits per heavy atom. The van der Waals surface area contributed by atoms with Gasteiger partial charge in [0.2, 0.25) is 5.91 Å². The van der Waals surface area contributed by atoms with Crippen molar-refractivity contribution < 1.29 is 14.3 Å². The van der Waals surface area contributed by atoms with Crippen molar-refractivity contribution in [2.24, 2.45) is 0 Å². The van der Waals surface area contributed by atoms with Crippen LogP contribution < -0.4 is 14.8 Å². The van der Waals surface area contributed by atoms with E-state index in [1.54, 1.807) is 14.2 Å². The molecule has 0 bridgehead atoms. The lowest BCUT2D eigenvalue weighted by molar-refractivity contribution is -0.121. The number of carbonyl (C=O) groups excluding carboxylic acids is 1. The van der Waals surface area contributed by atoms with Crippen LogP contribution in [0.4, 0.5) is 0 Å². The van der Waals surface area contributed by atoms with Gasteiger partial charge in [-0.05, 0) is 66.8 Å². The molecule has 6 heteroatoms. The first kappa shape index (κ1) is 23.4. The van der Waals surface area contributed by atoms with Gasteiger partial charge >= 0.3 is 0 Å². The lowest BCUT2D eigenvalue weighted by atomic mass is 10.1. The highest BCUT2D eigenvalue weighted by Gasteiger charge is 2.15. The molecule has 6 nitrogen and oxygen atoms in total. The summed E-state index contributed by atoms with van der Waals surface area (Å²) in [7, 11) is 3.24. The Bertz CT molecular complexity index is 1300. The number of hydrogen-bond donors (Lipinski definition) is 1. The number of rotatable bonds is 9. The molecule has 4 aromatic rings. The Balaban J connectivity index is 1.49. The molecule has 0 atom stereocenters. The summed E-state index contributed by atoms with van der Waals surface area (Å²) < 4.78 is 12.7. The maximum atomic E-state index is 12.9. The average molecular weight is 458 g/mol. The van der Waals surface area contributed by atoms with Crippen molar-refractivity contribution >= 4 is 16.9 Å². The van der Waals surface area contributed by atoms with Gasteiger partial charge in [-0.1, -0.05) is 36.4 Å². The van der Waals surface area contributed by atoms with Crippen molar-refractivity contribution in [1.29, 1.82) is 0 Å². The Kier molecular flexibility index (Phi) is 7.16. The van der Waals surface area contributed by atoms with Gasteiger partial charge in [-0.25, -0.2) is 4.98 Å². The molecular formula is C28H31N3O3. The van der Waals surface area contributed by atoms with E-state index in [0.29, 0.717) is 30.9 Å². The molecule has 3 aromatic carbocycles.